The van der Waals surface area contributed by atoms with E-state index >= 15 is 0 Å². The number of benzene rings is 1. The number of rotatable bonds is 3. The van der Waals surface area contributed by atoms with E-state index in [9.17, 15) is 5.02 Å². The molecule has 0 saturated carbocycles. The molecule has 2 atom stereocenters. The molecule has 0 amide bonds. The highest BCUT2D eigenvalue weighted by atomic mass is 32.2. The first-order valence-electron chi connectivity index (χ1n) is 10.3. The van der Waals surface area contributed by atoms with Crippen LogP contribution in [0.1, 0.15) is 25.3 Å². The van der Waals surface area contributed by atoms with Crippen LogP contribution < -0.4 is 21.8 Å². The largest absolute Gasteiger partial charge is 0.491 e. The Morgan fingerprint density at radius 3 is 2.83 bits per heavy atom. The Hall–Kier alpha value is -1.85. The van der Waals surface area contributed by atoms with Crippen molar-refractivity contribution in [1.82, 2.24) is 9.97 Å². The van der Waals surface area contributed by atoms with Crippen molar-refractivity contribution in [3.05, 3.63) is 30.0 Å². The minimum Gasteiger partial charge on any atom is -0.423 e. The molecule has 1 aromatic carbocycles. The summed E-state index contributed by atoms with van der Waals surface area (Å²) in [5, 5.41) is 10.6. The van der Waals surface area contributed by atoms with Gasteiger partial charge in [0.1, 0.15) is 10.8 Å². The molecule has 2 aromatic rings. The molecule has 1 spiro atoms. The average molecular weight is 427 g/mol. The highest BCUT2D eigenvalue weighted by Crippen LogP contribution is 2.42. The molecule has 0 bridgehead atoms. The first-order valence-corrected chi connectivity index (χ1v) is 11.1. The van der Waals surface area contributed by atoms with E-state index < -0.39 is 7.12 Å². The SMILES string of the molecule is C[C@@H]1OCC2(CCN(c3cnc(Sc4ccc5c(c4)B(O)OC5)c(N)n3)CC2)[C@@H]1N. The minimum atomic E-state index is -0.866. The van der Waals surface area contributed by atoms with E-state index in [4.69, 9.17) is 20.9 Å². The Morgan fingerprint density at radius 2 is 2.13 bits per heavy atom. The van der Waals surface area contributed by atoms with Gasteiger partial charge in [-0.2, -0.15) is 0 Å². The number of anilines is 2. The quantitative estimate of drug-likeness (QED) is 0.610. The lowest BCUT2D eigenvalue weighted by atomic mass is 9.73. The molecular formula is C20H26BN5O3S. The summed E-state index contributed by atoms with van der Waals surface area (Å²) in [7, 11) is -0.866. The molecule has 158 valence electrons. The van der Waals surface area contributed by atoms with E-state index in [-0.39, 0.29) is 17.6 Å². The van der Waals surface area contributed by atoms with Crippen LogP contribution in [-0.4, -0.2) is 54.0 Å². The summed E-state index contributed by atoms with van der Waals surface area (Å²) < 4.78 is 11.1. The second kappa shape index (κ2) is 7.69. The van der Waals surface area contributed by atoms with Crippen molar-refractivity contribution < 1.29 is 14.4 Å². The Kier molecular flexibility index (Phi) is 5.15. The minimum absolute atomic E-state index is 0.0759. The fourth-order valence-electron chi connectivity index (χ4n) is 4.64. The van der Waals surface area contributed by atoms with Crippen molar-refractivity contribution in [2.75, 3.05) is 30.3 Å². The normalized spacial score (nSPS) is 25.2. The Labute approximate surface area is 180 Å². The van der Waals surface area contributed by atoms with E-state index in [1.807, 2.05) is 18.2 Å². The maximum atomic E-state index is 9.91. The van der Waals surface area contributed by atoms with Crippen LogP contribution >= 0.6 is 11.8 Å². The van der Waals surface area contributed by atoms with E-state index in [0.29, 0.717) is 17.5 Å². The highest BCUT2D eigenvalue weighted by Gasteiger charge is 2.47. The third-order valence-corrected chi connectivity index (χ3v) is 7.67. The molecule has 2 saturated heterocycles. The summed E-state index contributed by atoms with van der Waals surface area (Å²) in [4.78, 5) is 12.3. The summed E-state index contributed by atoms with van der Waals surface area (Å²) >= 11 is 1.44. The fraction of sp³-hybridized carbons (Fsp3) is 0.500. The zero-order valence-electron chi connectivity index (χ0n) is 17.0. The smallest absolute Gasteiger partial charge is 0.423 e. The Balaban J connectivity index is 1.27. The van der Waals surface area contributed by atoms with Crippen molar-refractivity contribution >= 4 is 36.0 Å². The number of fused-ring (bicyclic) bond motifs is 1. The second-order valence-corrected chi connectivity index (χ2v) is 9.50. The van der Waals surface area contributed by atoms with E-state index in [0.717, 1.165) is 54.3 Å². The van der Waals surface area contributed by atoms with Crippen LogP contribution in [0, 0.1) is 5.41 Å². The van der Waals surface area contributed by atoms with Gasteiger partial charge in [0.05, 0.1) is 25.5 Å². The molecule has 0 aliphatic carbocycles. The number of aromatic nitrogens is 2. The average Bonchev–Trinajstić information content (AvgIpc) is 3.25. The molecular weight excluding hydrogens is 401 g/mol. The number of hydrogen-bond donors (Lipinski definition) is 3. The van der Waals surface area contributed by atoms with Crippen molar-refractivity contribution in [3.8, 4) is 0 Å². The van der Waals surface area contributed by atoms with Crippen LogP contribution in [0.3, 0.4) is 0 Å². The summed E-state index contributed by atoms with van der Waals surface area (Å²) in [6, 6.07) is 5.96. The van der Waals surface area contributed by atoms with Gasteiger partial charge in [0.15, 0.2) is 5.82 Å². The van der Waals surface area contributed by atoms with Crippen molar-refractivity contribution in [2.24, 2.45) is 11.1 Å². The molecule has 8 nitrogen and oxygen atoms in total. The summed E-state index contributed by atoms with van der Waals surface area (Å²) in [5.41, 5.74) is 14.5. The molecule has 5 rings (SSSR count). The maximum absolute atomic E-state index is 9.91. The van der Waals surface area contributed by atoms with Gasteiger partial charge in [0, 0.05) is 29.4 Å². The number of piperidine rings is 1. The van der Waals surface area contributed by atoms with Crippen LogP contribution in [0.25, 0.3) is 0 Å². The molecule has 1 aromatic heterocycles. The number of ether oxygens (including phenoxy) is 1. The summed E-state index contributed by atoms with van der Waals surface area (Å²) in [5.74, 6) is 1.20. The lowest BCUT2D eigenvalue weighted by molar-refractivity contribution is 0.0974. The molecule has 2 fully saturated rings. The van der Waals surface area contributed by atoms with Gasteiger partial charge in [-0.25, -0.2) is 9.97 Å². The highest BCUT2D eigenvalue weighted by molar-refractivity contribution is 7.99. The zero-order valence-corrected chi connectivity index (χ0v) is 17.8. The molecule has 5 N–H and O–H groups in total. The van der Waals surface area contributed by atoms with Gasteiger partial charge in [0.25, 0.3) is 0 Å². The van der Waals surface area contributed by atoms with Crippen LogP contribution in [0.5, 0.6) is 0 Å². The Bertz CT molecular complexity index is 956. The van der Waals surface area contributed by atoms with Gasteiger partial charge in [-0.3, -0.25) is 0 Å². The molecule has 0 unspecified atom stereocenters. The van der Waals surface area contributed by atoms with Crippen molar-refractivity contribution in [3.63, 3.8) is 0 Å². The Morgan fingerprint density at radius 1 is 1.33 bits per heavy atom. The molecule has 30 heavy (non-hydrogen) atoms. The first kappa shape index (κ1) is 20.1. The van der Waals surface area contributed by atoms with Crippen LogP contribution in [0.4, 0.5) is 11.6 Å². The third kappa shape index (κ3) is 3.46. The van der Waals surface area contributed by atoms with Gasteiger partial charge in [0.2, 0.25) is 0 Å². The van der Waals surface area contributed by atoms with Gasteiger partial charge in [-0.05, 0) is 42.9 Å². The molecule has 0 radical (unpaired) electrons. The van der Waals surface area contributed by atoms with E-state index in [1.54, 1.807) is 6.20 Å². The van der Waals surface area contributed by atoms with Gasteiger partial charge >= 0.3 is 7.12 Å². The van der Waals surface area contributed by atoms with Gasteiger partial charge < -0.3 is 30.8 Å². The number of nitrogens with two attached hydrogens (primary N) is 2. The first-order chi connectivity index (χ1) is 14.4. The van der Waals surface area contributed by atoms with Crippen LogP contribution in [-0.2, 0) is 16.0 Å². The number of nitrogens with zero attached hydrogens (tertiary/aromatic N) is 3. The van der Waals surface area contributed by atoms with Crippen LogP contribution in [0.2, 0.25) is 0 Å². The lowest BCUT2D eigenvalue weighted by Gasteiger charge is -2.41. The topological polar surface area (TPSA) is 120 Å². The summed E-state index contributed by atoms with van der Waals surface area (Å²) in [6.07, 6.45) is 3.87. The van der Waals surface area contributed by atoms with Crippen LogP contribution in [0.15, 0.2) is 34.3 Å². The predicted molar refractivity (Wildman–Crippen MR) is 117 cm³/mol. The third-order valence-electron chi connectivity index (χ3n) is 6.68. The van der Waals surface area contributed by atoms with Gasteiger partial charge in [-0.1, -0.05) is 17.8 Å². The van der Waals surface area contributed by atoms with Gasteiger partial charge in [-0.15, -0.1) is 0 Å². The number of hydrogen-bond acceptors (Lipinski definition) is 9. The zero-order chi connectivity index (χ0) is 20.9. The molecule has 3 aliphatic rings. The summed E-state index contributed by atoms with van der Waals surface area (Å²) in [6.45, 7) is 4.97. The molecule has 3 aliphatic heterocycles. The standard InChI is InChI=1S/C20H26BN5O3S/c1-12-17(22)20(11-28-12)4-6-26(7-5-20)16-9-24-19(18(23)25-16)30-14-3-2-13-10-29-21(27)15(13)8-14/h2-3,8-9,12,17,27H,4-7,10-11,22H2,1H3,(H2,23,25)/t12-,17+/m0/s1. The van der Waals surface area contributed by atoms with Crippen molar-refractivity contribution in [1.29, 1.82) is 0 Å². The van der Waals surface area contributed by atoms with E-state index in [2.05, 4.69) is 21.8 Å². The second-order valence-electron chi connectivity index (χ2n) is 8.44. The molecule has 10 heteroatoms. The van der Waals surface area contributed by atoms with E-state index in [1.165, 1.54) is 11.8 Å². The maximum Gasteiger partial charge on any atom is 0.491 e. The number of nitrogen functional groups attached to an aromatic ring is 1. The fourth-order valence-corrected chi connectivity index (χ4v) is 5.44. The van der Waals surface area contributed by atoms with Crippen molar-refractivity contribution in [2.45, 2.75) is 48.4 Å². The lowest BCUT2D eigenvalue weighted by Crippen LogP contribution is -2.50. The monoisotopic (exact) mass is 427 g/mol. The predicted octanol–water partition coefficient (Wildman–Crippen LogP) is 0.760. The molecule has 4 heterocycles.